The summed E-state index contributed by atoms with van der Waals surface area (Å²) in [6, 6.07) is 3.71. The van der Waals surface area contributed by atoms with Crippen molar-refractivity contribution in [3.8, 4) is 17.4 Å². The van der Waals surface area contributed by atoms with Crippen LogP contribution in [0.3, 0.4) is 0 Å². The van der Waals surface area contributed by atoms with Gasteiger partial charge < -0.3 is 9.26 Å². The van der Waals surface area contributed by atoms with Gasteiger partial charge in [0.25, 0.3) is 0 Å². The standard InChI is InChI=1S/C16H18N8O2/c1-9(2)12-6-14-18-19-15(13-5-10(3)26-21-13)24(14)20-16(12)25-8-11-7-23(4)22-17-11/h5-7,9H,8H2,1-4H3. The molecule has 134 valence electrons. The molecule has 4 aromatic rings. The summed E-state index contributed by atoms with van der Waals surface area (Å²) in [7, 11) is 1.81. The van der Waals surface area contributed by atoms with E-state index < -0.39 is 0 Å². The Morgan fingerprint density at radius 3 is 2.69 bits per heavy atom. The van der Waals surface area contributed by atoms with E-state index in [0.717, 1.165) is 11.3 Å². The predicted octanol–water partition coefficient (Wildman–Crippen LogP) is 1.92. The fourth-order valence-electron chi connectivity index (χ4n) is 2.59. The van der Waals surface area contributed by atoms with E-state index in [9.17, 15) is 0 Å². The molecule has 4 heterocycles. The minimum atomic E-state index is 0.207. The normalized spacial score (nSPS) is 11.6. The van der Waals surface area contributed by atoms with Crippen LogP contribution >= 0.6 is 0 Å². The Labute approximate surface area is 148 Å². The topological polar surface area (TPSA) is 109 Å². The highest BCUT2D eigenvalue weighted by atomic mass is 16.5. The van der Waals surface area contributed by atoms with Gasteiger partial charge in [-0.25, -0.2) is 0 Å². The number of aromatic nitrogens is 8. The lowest BCUT2D eigenvalue weighted by molar-refractivity contribution is 0.280. The largest absolute Gasteiger partial charge is 0.470 e. The lowest BCUT2D eigenvalue weighted by atomic mass is 10.1. The Morgan fingerprint density at radius 1 is 1.19 bits per heavy atom. The van der Waals surface area contributed by atoms with Crippen LogP contribution in [0.2, 0.25) is 0 Å². The zero-order valence-electron chi connectivity index (χ0n) is 14.9. The van der Waals surface area contributed by atoms with Crippen molar-refractivity contribution in [1.29, 1.82) is 0 Å². The van der Waals surface area contributed by atoms with Crippen LogP contribution in [-0.2, 0) is 13.7 Å². The molecular weight excluding hydrogens is 336 g/mol. The Kier molecular flexibility index (Phi) is 3.86. The summed E-state index contributed by atoms with van der Waals surface area (Å²) in [6.45, 7) is 6.23. The molecular formula is C16H18N8O2. The van der Waals surface area contributed by atoms with Gasteiger partial charge in [-0.3, -0.25) is 4.68 Å². The molecule has 0 saturated heterocycles. The summed E-state index contributed by atoms with van der Waals surface area (Å²) < 4.78 is 14.3. The summed E-state index contributed by atoms with van der Waals surface area (Å²) in [5.74, 6) is 1.89. The van der Waals surface area contributed by atoms with Crippen molar-refractivity contribution in [1.82, 2.24) is 40.0 Å². The lowest BCUT2D eigenvalue weighted by Gasteiger charge is -2.12. The molecule has 0 radical (unpaired) electrons. The summed E-state index contributed by atoms with van der Waals surface area (Å²) in [5.41, 5.74) is 2.85. The van der Waals surface area contributed by atoms with E-state index in [-0.39, 0.29) is 12.5 Å². The van der Waals surface area contributed by atoms with Crippen LogP contribution in [-0.4, -0.2) is 40.0 Å². The Morgan fingerprint density at radius 2 is 2.04 bits per heavy atom. The van der Waals surface area contributed by atoms with Crippen molar-refractivity contribution in [2.24, 2.45) is 7.05 Å². The number of rotatable bonds is 5. The molecule has 0 saturated carbocycles. The van der Waals surface area contributed by atoms with Crippen molar-refractivity contribution in [3.63, 3.8) is 0 Å². The quantitative estimate of drug-likeness (QED) is 0.535. The second-order valence-corrected chi connectivity index (χ2v) is 6.35. The Bertz CT molecular complexity index is 1060. The van der Waals surface area contributed by atoms with Crippen molar-refractivity contribution in [2.75, 3.05) is 0 Å². The van der Waals surface area contributed by atoms with Crippen LogP contribution in [0.25, 0.3) is 17.2 Å². The van der Waals surface area contributed by atoms with E-state index in [1.165, 1.54) is 0 Å². The van der Waals surface area contributed by atoms with Gasteiger partial charge in [0, 0.05) is 18.7 Å². The zero-order chi connectivity index (χ0) is 18.3. The van der Waals surface area contributed by atoms with Crippen LogP contribution < -0.4 is 4.74 Å². The van der Waals surface area contributed by atoms with E-state index in [0.29, 0.717) is 28.8 Å². The van der Waals surface area contributed by atoms with E-state index in [2.05, 4.69) is 44.6 Å². The Hall–Kier alpha value is -3.30. The number of aryl methyl sites for hydroxylation is 2. The van der Waals surface area contributed by atoms with Gasteiger partial charge in [0.1, 0.15) is 18.1 Å². The molecule has 0 bridgehead atoms. The minimum absolute atomic E-state index is 0.207. The highest BCUT2D eigenvalue weighted by Gasteiger charge is 2.19. The molecule has 0 aliphatic heterocycles. The number of hydrogen-bond acceptors (Lipinski definition) is 8. The summed E-state index contributed by atoms with van der Waals surface area (Å²) in [5, 5.41) is 24.9. The maximum absolute atomic E-state index is 5.92. The first-order valence-corrected chi connectivity index (χ1v) is 8.19. The number of ether oxygens (including phenoxy) is 1. The molecule has 0 aromatic carbocycles. The first kappa shape index (κ1) is 16.2. The number of hydrogen-bond donors (Lipinski definition) is 0. The minimum Gasteiger partial charge on any atom is -0.470 e. The van der Waals surface area contributed by atoms with Crippen LogP contribution in [0.15, 0.2) is 22.9 Å². The van der Waals surface area contributed by atoms with Crippen LogP contribution in [0.1, 0.15) is 36.8 Å². The molecule has 10 heteroatoms. The van der Waals surface area contributed by atoms with Gasteiger partial charge in [-0.15, -0.1) is 20.4 Å². The molecule has 0 amide bonds. The maximum atomic E-state index is 5.92. The van der Waals surface area contributed by atoms with Crippen LogP contribution in [0.4, 0.5) is 0 Å². The van der Waals surface area contributed by atoms with Gasteiger partial charge in [-0.05, 0) is 18.9 Å². The molecule has 4 aromatic heterocycles. The highest BCUT2D eigenvalue weighted by Crippen LogP contribution is 2.27. The average molecular weight is 354 g/mol. The van der Waals surface area contributed by atoms with Gasteiger partial charge in [-0.1, -0.05) is 24.2 Å². The summed E-state index contributed by atoms with van der Waals surface area (Å²) in [6.07, 6.45) is 1.80. The van der Waals surface area contributed by atoms with Gasteiger partial charge in [0.2, 0.25) is 11.7 Å². The third-order valence-corrected chi connectivity index (χ3v) is 3.87. The molecule has 0 aliphatic carbocycles. The summed E-state index contributed by atoms with van der Waals surface area (Å²) in [4.78, 5) is 0. The lowest BCUT2D eigenvalue weighted by Crippen LogP contribution is -2.06. The van der Waals surface area contributed by atoms with Crippen molar-refractivity contribution in [3.05, 3.63) is 35.3 Å². The second kappa shape index (κ2) is 6.21. The van der Waals surface area contributed by atoms with Gasteiger partial charge in [0.05, 0.1) is 6.20 Å². The van der Waals surface area contributed by atoms with Crippen molar-refractivity contribution < 1.29 is 9.26 Å². The maximum Gasteiger partial charge on any atom is 0.235 e. The molecule has 0 unspecified atom stereocenters. The smallest absolute Gasteiger partial charge is 0.235 e. The van der Waals surface area contributed by atoms with E-state index >= 15 is 0 Å². The molecule has 0 spiro atoms. The van der Waals surface area contributed by atoms with Gasteiger partial charge >= 0.3 is 0 Å². The zero-order valence-corrected chi connectivity index (χ0v) is 14.9. The first-order valence-electron chi connectivity index (χ1n) is 8.19. The molecule has 0 atom stereocenters. The van der Waals surface area contributed by atoms with Crippen LogP contribution in [0, 0.1) is 6.92 Å². The highest BCUT2D eigenvalue weighted by molar-refractivity contribution is 5.55. The van der Waals surface area contributed by atoms with Gasteiger partial charge in [-0.2, -0.15) is 4.52 Å². The predicted molar refractivity (Wildman–Crippen MR) is 90.4 cm³/mol. The van der Waals surface area contributed by atoms with E-state index in [1.807, 2.05) is 20.0 Å². The second-order valence-electron chi connectivity index (χ2n) is 6.35. The fourth-order valence-corrected chi connectivity index (χ4v) is 2.59. The van der Waals surface area contributed by atoms with E-state index in [4.69, 9.17) is 9.26 Å². The number of fused-ring (bicyclic) bond motifs is 1. The fraction of sp³-hybridized carbons (Fsp3) is 0.375. The molecule has 4 rings (SSSR count). The van der Waals surface area contributed by atoms with Crippen molar-refractivity contribution >= 4 is 5.65 Å². The van der Waals surface area contributed by atoms with Gasteiger partial charge in [0.15, 0.2) is 11.3 Å². The first-order chi connectivity index (χ1) is 12.5. The molecule has 0 fully saturated rings. The van der Waals surface area contributed by atoms with Crippen LogP contribution in [0.5, 0.6) is 5.88 Å². The van der Waals surface area contributed by atoms with E-state index in [1.54, 1.807) is 21.5 Å². The third kappa shape index (κ3) is 2.89. The SMILES string of the molecule is Cc1cc(-c2nnc3cc(C(C)C)c(OCc4cn(C)nn4)nn23)no1. The molecule has 10 nitrogen and oxygen atoms in total. The molecule has 0 aliphatic rings. The number of nitrogens with zero attached hydrogens (tertiary/aromatic N) is 8. The summed E-state index contributed by atoms with van der Waals surface area (Å²) >= 11 is 0. The molecule has 0 N–H and O–H groups in total. The third-order valence-electron chi connectivity index (χ3n) is 3.87. The average Bonchev–Trinajstić information content (AvgIpc) is 3.31. The molecule has 26 heavy (non-hydrogen) atoms. The van der Waals surface area contributed by atoms with Crippen molar-refractivity contribution in [2.45, 2.75) is 33.3 Å². The Balaban J connectivity index is 1.75. The monoisotopic (exact) mass is 354 g/mol.